The molecule has 1 N–H and O–H groups in total. The van der Waals surface area contributed by atoms with Gasteiger partial charge in [-0.1, -0.05) is 0 Å². The second-order valence-electron chi connectivity index (χ2n) is 1.96. The summed E-state index contributed by atoms with van der Waals surface area (Å²) >= 11 is 2.07. The lowest BCUT2D eigenvalue weighted by atomic mass is 10.3. The van der Waals surface area contributed by atoms with E-state index < -0.39 is 10.4 Å². The molecule has 12 heavy (non-hydrogen) atoms. The molecule has 0 saturated carbocycles. The van der Waals surface area contributed by atoms with Gasteiger partial charge >= 0.3 is 10.4 Å². The molecule has 0 amide bonds. The summed E-state index contributed by atoms with van der Waals surface area (Å²) in [5.41, 5.74) is 0. The van der Waals surface area contributed by atoms with Crippen LogP contribution in [0.25, 0.3) is 0 Å². The summed E-state index contributed by atoms with van der Waals surface area (Å²) in [5, 5.41) is 0. The molecule has 0 atom stereocenters. The van der Waals surface area contributed by atoms with Crippen molar-refractivity contribution in [1.82, 2.24) is 0 Å². The van der Waals surface area contributed by atoms with Gasteiger partial charge in [-0.05, 0) is 46.9 Å². The molecule has 0 fully saturated rings. The van der Waals surface area contributed by atoms with Crippen molar-refractivity contribution < 1.29 is 17.2 Å². The summed E-state index contributed by atoms with van der Waals surface area (Å²) in [5.74, 6) is 0.0953. The highest BCUT2D eigenvalue weighted by atomic mass is 127. The Balaban J connectivity index is 2.85. The third kappa shape index (κ3) is 3.37. The fraction of sp³-hybridized carbons (Fsp3) is 0. The molecular weight excluding hydrogens is 295 g/mol. The number of hydrogen-bond donors (Lipinski definition) is 1. The summed E-state index contributed by atoms with van der Waals surface area (Å²) in [6.07, 6.45) is 0. The summed E-state index contributed by atoms with van der Waals surface area (Å²) in [4.78, 5) is 0. The van der Waals surface area contributed by atoms with E-state index in [1.807, 2.05) is 0 Å². The Bertz CT molecular complexity index is 356. The van der Waals surface area contributed by atoms with Crippen molar-refractivity contribution in [3.8, 4) is 5.75 Å². The molecule has 66 valence electrons. The number of rotatable bonds is 2. The van der Waals surface area contributed by atoms with E-state index in [-0.39, 0.29) is 5.75 Å². The predicted molar refractivity (Wildman–Crippen MR) is 51.3 cm³/mol. The quantitative estimate of drug-likeness (QED) is 0.663. The van der Waals surface area contributed by atoms with E-state index in [2.05, 4.69) is 26.8 Å². The molecule has 6 heteroatoms. The Hall–Kier alpha value is -0.340. The van der Waals surface area contributed by atoms with Crippen molar-refractivity contribution in [1.29, 1.82) is 0 Å². The van der Waals surface area contributed by atoms with Crippen LogP contribution in [0.4, 0.5) is 0 Å². The van der Waals surface area contributed by atoms with Crippen molar-refractivity contribution in [2.45, 2.75) is 0 Å². The molecule has 0 radical (unpaired) electrons. The molecular formula is C6H5IO4S. The van der Waals surface area contributed by atoms with E-state index >= 15 is 0 Å². The Kier molecular flexibility index (Phi) is 2.91. The normalized spacial score (nSPS) is 11.2. The average Bonchev–Trinajstić information content (AvgIpc) is 1.91. The molecule has 4 nitrogen and oxygen atoms in total. The molecule has 1 aromatic carbocycles. The van der Waals surface area contributed by atoms with Gasteiger partial charge in [0.15, 0.2) is 0 Å². The van der Waals surface area contributed by atoms with Crippen molar-refractivity contribution in [3.63, 3.8) is 0 Å². The van der Waals surface area contributed by atoms with Crippen LogP contribution in [0.15, 0.2) is 24.3 Å². The first-order valence-electron chi connectivity index (χ1n) is 2.90. The first-order chi connectivity index (χ1) is 5.47. The van der Waals surface area contributed by atoms with Gasteiger partial charge in [-0.3, -0.25) is 4.55 Å². The van der Waals surface area contributed by atoms with Gasteiger partial charge in [0.1, 0.15) is 5.75 Å². The number of benzene rings is 1. The summed E-state index contributed by atoms with van der Waals surface area (Å²) in [6, 6.07) is 6.24. The van der Waals surface area contributed by atoms with Crippen LogP contribution in [-0.2, 0) is 10.4 Å². The molecule has 0 aliphatic rings. The minimum atomic E-state index is -4.39. The highest BCUT2D eigenvalue weighted by Crippen LogP contribution is 2.14. The van der Waals surface area contributed by atoms with Gasteiger partial charge in [-0.2, -0.15) is 8.42 Å². The largest absolute Gasteiger partial charge is 0.446 e. The minimum Gasteiger partial charge on any atom is -0.362 e. The van der Waals surface area contributed by atoms with Crippen molar-refractivity contribution >= 4 is 33.0 Å². The minimum absolute atomic E-state index is 0.0953. The van der Waals surface area contributed by atoms with Crippen LogP contribution in [0, 0.1) is 3.57 Å². The van der Waals surface area contributed by atoms with Crippen molar-refractivity contribution in [2.75, 3.05) is 0 Å². The van der Waals surface area contributed by atoms with E-state index in [0.717, 1.165) is 3.57 Å². The maximum Gasteiger partial charge on any atom is 0.446 e. The van der Waals surface area contributed by atoms with Gasteiger partial charge in [-0.25, -0.2) is 0 Å². The summed E-state index contributed by atoms with van der Waals surface area (Å²) in [7, 11) is -4.39. The van der Waals surface area contributed by atoms with Crippen LogP contribution < -0.4 is 4.18 Å². The second-order valence-corrected chi connectivity index (χ2v) is 4.23. The molecule has 1 rings (SSSR count). The predicted octanol–water partition coefficient (Wildman–Crippen LogP) is 1.47. The van der Waals surface area contributed by atoms with Crippen LogP contribution in [0.1, 0.15) is 0 Å². The third-order valence-corrected chi connectivity index (χ3v) is 2.14. The average molecular weight is 300 g/mol. The highest BCUT2D eigenvalue weighted by molar-refractivity contribution is 14.1. The number of halogens is 1. The summed E-state index contributed by atoms with van der Waals surface area (Å²) in [6.45, 7) is 0. The molecule has 0 heterocycles. The van der Waals surface area contributed by atoms with Crippen molar-refractivity contribution in [3.05, 3.63) is 27.8 Å². The lowest BCUT2D eigenvalue weighted by molar-refractivity contribution is 0.387. The van der Waals surface area contributed by atoms with Crippen molar-refractivity contribution in [2.24, 2.45) is 0 Å². The first kappa shape index (κ1) is 9.75. The summed E-state index contributed by atoms with van der Waals surface area (Å²) < 4.78 is 33.9. The van der Waals surface area contributed by atoms with Crippen LogP contribution in [0.5, 0.6) is 5.75 Å². The monoisotopic (exact) mass is 300 g/mol. The maximum absolute atomic E-state index is 10.2. The van der Waals surface area contributed by atoms with Crippen LogP contribution in [-0.4, -0.2) is 13.0 Å². The fourth-order valence-corrected chi connectivity index (χ4v) is 1.33. The van der Waals surface area contributed by atoms with Gasteiger partial charge in [0, 0.05) is 3.57 Å². The zero-order valence-corrected chi connectivity index (χ0v) is 8.74. The molecule has 0 aliphatic heterocycles. The Morgan fingerprint density at radius 1 is 1.25 bits per heavy atom. The molecule has 0 aliphatic carbocycles. The second kappa shape index (κ2) is 3.58. The van der Waals surface area contributed by atoms with E-state index in [0.29, 0.717) is 0 Å². The number of hydrogen-bond acceptors (Lipinski definition) is 3. The molecule has 0 bridgehead atoms. The Labute approximate surface area is 83.6 Å². The lowest BCUT2D eigenvalue weighted by Gasteiger charge is -1.99. The Morgan fingerprint density at radius 2 is 1.75 bits per heavy atom. The van der Waals surface area contributed by atoms with Crippen LogP contribution >= 0.6 is 22.6 Å². The first-order valence-corrected chi connectivity index (χ1v) is 5.34. The molecule has 1 aromatic rings. The topological polar surface area (TPSA) is 63.6 Å². The smallest absolute Gasteiger partial charge is 0.362 e. The molecule has 0 unspecified atom stereocenters. The van der Waals surface area contributed by atoms with Gasteiger partial charge in [0.2, 0.25) is 0 Å². The standard InChI is InChI=1S/C6H5IO4S/c7-5-1-3-6(4-2-5)11-12(8,9)10/h1-4H,(H,8,9,10). The van der Waals surface area contributed by atoms with Gasteiger partial charge in [-0.15, -0.1) is 0 Å². The van der Waals surface area contributed by atoms with Crippen LogP contribution in [0.3, 0.4) is 0 Å². The van der Waals surface area contributed by atoms with Gasteiger partial charge < -0.3 is 4.18 Å². The molecule has 0 saturated heterocycles. The maximum atomic E-state index is 10.2. The van der Waals surface area contributed by atoms with Gasteiger partial charge in [0.05, 0.1) is 0 Å². The zero-order chi connectivity index (χ0) is 9.19. The fourth-order valence-electron chi connectivity index (χ4n) is 0.612. The lowest BCUT2D eigenvalue weighted by Crippen LogP contribution is -2.06. The highest BCUT2D eigenvalue weighted by Gasteiger charge is 2.05. The SMILES string of the molecule is O=S(=O)(O)Oc1ccc(I)cc1. The Morgan fingerprint density at radius 3 is 2.17 bits per heavy atom. The molecule has 0 aromatic heterocycles. The van der Waals surface area contributed by atoms with E-state index in [4.69, 9.17) is 4.55 Å². The van der Waals surface area contributed by atoms with Gasteiger partial charge in [0.25, 0.3) is 0 Å². The van der Waals surface area contributed by atoms with E-state index in [9.17, 15) is 8.42 Å². The third-order valence-electron chi connectivity index (χ3n) is 1.02. The molecule has 0 spiro atoms. The zero-order valence-electron chi connectivity index (χ0n) is 5.77. The van der Waals surface area contributed by atoms with E-state index in [1.165, 1.54) is 12.1 Å². The van der Waals surface area contributed by atoms with Crippen LogP contribution in [0.2, 0.25) is 0 Å². The van der Waals surface area contributed by atoms with E-state index in [1.54, 1.807) is 12.1 Å².